The lowest BCUT2D eigenvalue weighted by atomic mass is 10.1. The molecule has 0 aliphatic heterocycles. The molecule has 26 heavy (non-hydrogen) atoms. The van der Waals surface area contributed by atoms with Crippen molar-refractivity contribution < 1.29 is 9.53 Å². The summed E-state index contributed by atoms with van der Waals surface area (Å²) in [7, 11) is 1.62. The van der Waals surface area contributed by atoms with E-state index in [4.69, 9.17) is 4.74 Å². The molecule has 1 atom stereocenters. The standard InChI is InChI=1S/C22H22N2O2/c1-16-12-14-18(15-13-16)23-22(25)21(17-8-4-3-5-9-17)24-19-10-6-7-11-20(19)26-2/h3-15,21,24H,1-2H3,(H,23,25)/t21-/m1/s1. The second kappa shape index (κ2) is 8.21. The van der Waals surface area contributed by atoms with Crippen LogP contribution in [0.1, 0.15) is 17.2 Å². The van der Waals surface area contributed by atoms with Crippen molar-refractivity contribution in [2.75, 3.05) is 17.7 Å². The Hall–Kier alpha value is -3.27. The van der Waals surface area contributed by atoms with E-state index >= 15 is 0 Å². The molecule has 0 bridgehead atoms. The Morgan fingerprint density at radius 2 is 1.54 bits per heavy atom. The lowest BCUT2D eigenvalue weighted by Crippen LogP contribution is -2.27. The zero-order chi connectivity index (χ0) is 18.4. The Morgan fingerprint density at radius 1 is 0.885 bits per heavy atom. The molecule has 0 radical (unpaired) electrons. The van der Waals surface area contributed by atoms with Gasteiger partial charge in [0.25, 0.3) is 5.91 Å². The van der Waals surface area contributed by atoms with Crippen molar-refractivity contribution in [2.24, 2.45) is 0 Å². The van der Waals surface area contributed by atoms with Crippen molar-refractivity contribution in [3.63, 3.8) is 0 Å². The van der Waals surface area contributed by atoms with Gasteiger partial charge < -0.3 is 15.4 Å². The van der Waals surface area contributed by atoms with Crippen LogP contribution in [0.5, 0.6) is 5.75 Å². The molecule has 2 N–H and O–H groups in total. The fourth-order valence-corrected chi connectivity index (χ4v) is 2.72. The minimum atomic E-state index is -0.547. The van der Waals surface area contributed by atoms with Crippen LogP contribution < -0.4 is 15.4 Å². The van der Waals surface area contributed by atoms with E-state index in [2.05, 4.69) is 10.6 Å². The number of benzene rings is 3. The van der Waals surface area contributed by atoms with Crippen LogP contribution in [0.3, 0.4) is 0 Å². The smallest absolute Gasteiger partial charge is 0.251 e. The van der Waals surface area contributed by atoms with Gasteiger partial charge in [-0.1, -0.05) is 60.2 Å². The van der Waals surface area contributed by atoms with E-state index in [-0.39, 0.29) is 5.91 Å². The molecule has 0 aliphatic carbocycles. The number of hydrogen-bond donors (Lipinski definition) is 2. The molecule has 0 heterocycles. The average Bonchev–Trinajstić information content (AvgIpc) is 2.68. The average molecular weight is 346 g/mol. The number of methoxy groups -OCH3 is 1. The number of amides is 1. The Labute approximate surface area is 153 Å². The van der Waals surface area contributed by atoms with E-state index in [1.165, 1.54) is 0 Å². The largest absolute Gasteiger partial charge is 0.495 e. The molecule has 3 aromatic rings. The van der Waals surface area contributed by atoms with E-state index in [0.717, 1.165) is 22.5 Å². The molecule has 0 fully saturated rings. The third-order valence-corrected chi connectivity index (χ3v) is 4.12. The summed E-state index contributed by atoms with van der Waals surface area (Å²) in [6.07, 6.45) is 0. The van der Waals surface area contributed by atoms with Gasteiger partial charge in [0.05, 0.1) is 12.8 Å². The van der Waals surface area contributed by atoms with Crippen LogP contribution in [0.25, 0.3) is 0 Å². The molecule has 132 valence electrons. The molecular formula is C22H22N2O2. The zero-order valence-corrected chi connectivity index (χ0v) is 14.9. The third-order valence-electron chi connectivity index (χ3n) is 4.12. The summed E-state index contributed by atoms with van der Waals surface area (Å²) < 4.78 is 5.40. The van der Waals surface area contributed by atoms with Gasteiger partial charge in [0.1, 0.15) is 11.8 Å². The number of anilines is 2. The van der Waals surface area contributed by atoms with E-state index < -0.39 is 6.04 Å². The highest BCUT2D eigenvalue weighted by Gasteiger charge is 2.21. The van der Waals surface area contributed by atoms with Crippen LogP contribution in [-0.4, -0.2) is 13.0 Å². The van der Waals surface area contributed by atoms with Crippen LogP contribution in [0.4, 0.5) is 11.4 Å². The van der Waals surface area contributed by atoms with Crippen LogP contribution in [-0.2, 0) is 4.79 Å². The van der Waals surface area contributed by atoms with Gasteiger partial charge in [-0.3, -0.25) is 4.79 Å². The highest BCUT2D eigenvalue weighted by molar-refractivity contribution is 5.97. The fourth-order valence-electron chi connectivity index (χ4n) is 2.72. The quantitative estimate of drug-likeness (QED) is 0.674. The first-order chi connectivity index (χ1) is 12.7. The zero-order valence-electron chi connectivity index (χ0n) is 14.9. The first-order valence-corrected chi connectivity index (χ1v) is 8.49. The SMILES string of the molecule is COc1ccccc1N[C@@H](C(=O)Nc1ccc(C)cc1)c1ccccc1. The number of carbonyl (C=O) groups is 1. The summed E-state index contributed by atoms with van der Waals surface area (Å²) >= 11 is 0. The van der Waals surface area contributed by atoms with Gasteiger partial charge in [-0.15, -0.1) is 0 Å². The number of ether oxygens (including phenoxy) is 1. The molecule has 4 heteroatoms. The van der Waals surface area contributed by atoms with Crippen molar-refractivity contribution >= 4 is 17.3 Å². The predicted molar refractivity (Wildman–Crippen MR) is 106 cm³/mol. The van der Waals surface area contributed by atoms with Crippen molar-refractivity contribution in [1.82, 2.24) is 0 Å². The molecule has 4 nitrogen and oxygen atoms in total. The first kappa shape index (κ1) is 17.5. The minimum absolute atomic E-state index is 0.133. The van der Waals surface area contributed by atoms with E-state index in [1.54, 1.807) is 7.11 Å². The molecule has 0 saturated carbocycles. The van der Waals surface area contributed by atoms with Gasteiger partial charge in [0.15, 0.2) is 0 Å². The lowest BCUT2D eigenvalue weighted by molar-refractivity contribution is -0.117. The van der Waals surface area contributed by atoms with Crippen molar-refractivity contribution in [3.05, 3.63) is 90.0 Å². The lowest BCUT2D eigenvalue weighted by Gasteiger charge is -2.21. The summed E-state index contributed by atoms with van der Waals surface area (Å²) in [5.74, 6) is 0.558. The second-order valence-electron chi connectivity index (χ2n) is 6.04. The van der Waals surface area contributed by atoms with Crippen LogP contribution in [0.15, 0.2) is 78.9 Å². The third kappa shape index (κ3) is 4.22. The number of hydrogen-bond acceptors (Lipinski definition) is 3. The molecule has 0 spiro atoms. The Balaban J connectivity index is 1.88. The van der Waals surface area contributed by atoms with E-state index in [0.29, 0.717) is 5.75 Å². The Bertz CT molecular complexity index is 861. The molecular weight excluding hydrogens is 324 g/mol. The van der Waals surface area contributed by atoms with Crippen molar-refractivity contribution in [1.29, 1.82) is 0 Å². The number of carbonyl (C=O) groups excluding carboxylic acids is 1. The summed E-state index contributed by atoms with van der Waals surface area (Å²) in [5, 5.41) is 6.29. The monoisotopic (exact) mass is 346 g/mol. The van der Waals surface area contributed by atoms with Gasteiger partial charge in [0, 0.05) is 5.69 Å². The predicted octanol–water partition coefficient (Wildman–Crippen LogP) is 4.80. The van der Waals surface area contributed by atoms with Gasteiger partial charge >= 0.3 is 0 Å². The molecule has 0 saturated heterocycles. The summed E-state index contributed by atoms with van der Waals surface area (Å²) in [4.78, 5) is 13.0. The maximum atomic E-state index is 13.0. The van der Waals surface area contributed by atoms with Gasteiger partial charge in [-0.05, 0) is 36.8 Å². The minimum Gasteiger partial charge on any atom is -0.495 e. The van der Waals surface area contributed by atoms with Crippen LogP contribution in [0, 0.1) is 6.92 Å². The molecule has 3 rings (SSSR count). The number of aryl methyl sites for hydroxylation is 1. The summed E-state index contributed by atoms with van der Waals surface area (Å²) in [6, 6.07) is 24.4. The normalized spacial score (nSPS) is 11.5. The Kier molecular flexibility index (Phi) is 5.54. The molecule has 1 amide bonds. The van der Waals surface area contributed by atoms with Crippen LogP contribution in [0.2, 0.25) is 0 Å². The van der Waals surface area contributed by atoms with Gasteiger partial charge in [-0.25, -0.2) is 0 Å². The van der Waals surface area contributed by atoms with Gasteiger partial charge in [0.2, 0.25) is 0 Å². The topological polar surface area (TPSA) is 50.4 Å². The molecule has 0 unspecified atom stereocenters. The Morgan fingerprint density at radius 3 is 2.23 bits per heavy atom. The molecule has 0 aliphatic rings. The van der Waals surface area contributed by atoms with Crippen molar-refractivity contribution in [2.45, 2.75) is 13.0 Å². The van der Waals surface area contributed by atoms with E-state index in [9.17, 15) is 4.79 Å². The molecule has 0 aromatic heterocycles. The molecule has 3 aromatic carbocycles. The first-order valence-electron chi connectivity index (χ1n) is 8.49. The highest BCUT2D eigenvalue weighted by Crippen LogP contribution is 2.28. The maximum Gasteiger partial charge on any atom is 0.251 e. The fraction of sp³-hybridized carbons (Fsp3) is 0.136. The van der Waals surface area contributed by atoms with Gasteiger partial charge in [-0.2, -0.15) is 0 Å². The highest BCUT2D eigenvalue weighted by atomic mass is 16.5. The summed E-state index contributed by atoms with van der Waals surface area (Å²) in [6.45, 7) is 2.02. The van der Waals surface area contributed by atoms with Crippen molar-refractivity contribution in [3.8, 4) is 5.75 Å². The number of para-hydroxylation sites is 2. The number of rotatable bonds is 6. The maximum absolute atomic E-state index is 13.0. The summed E-state index contributed by atoms with van der Waals surface area (Å²) in [5.41, 5.74) is 3.56. The second-order valence-corrected chi connectivity index (χ2v) is 6.04. The van der Waals surface area contributed by atoms with Crippen LogP contribution >= 0.6 is 0 Å². The van der Waals surface area contributed by atoms with E-state index in [1.807, 2.05) is 85.8 Å². The number of nitrogens with one attached hydrogen (secondary N) is 2.